The number of aromatic nitrogens is 2. The van der Waals surface area contributed by atoms with E-state index in [1.165, 1.54) is 22.2 Å². The van der Waals surface area contributed by atoms with Gasteiger partial charge in [0.05, 0.1) is 17.4 Å². The average Bonchev–Trinajstić information content (AvgIpc) is 2.73. The molecule has 0 fully saturated rings. The van der Waals surface area contributed by atoms with Gasteiger partial charge in [0.2, 0.25) is 0 Å². The Morgan fingerprint density at radius 3 is 2.47 bits per heavy atom. The molecule has 2 nitrogen and oxygen atoms in total. The van der Waals surface area contributed by atoms with Gasteiger partial charge in [-0.3, -0.25) is 0 Å². The highest BCUT2D eigenvalue weighted by molar-refractivity contribution is 5.66. The van der Waals surface area contributed by atoms with E-state index in [1.54, 1.807) is 0 Å². The molecule has 0 aliphatic rings. The van der Waals surface area contributed by atoms with Crippen molar-refractivity contribution in [3.05, 3.63) is 59.8 Å². The summed E-state index contributed by atoms with van der Waals surface area (Å²) in [5.74, 6) is 0. The van der Waals surface area contributed by atoms with Crippen LogP contribution in [0.25, 0.3) is 16.8 Å². The highest BCUT2D eigenvalue weighted by Crippen LogP contribution is 2.22. The van der Waals surface area contributed by atoms with Crippen LogP contribution in [0.1, 0.15) is 11.1 Å². The highest BCUT2D eigenvalue weighted by atomic mass is 15.2. The number of hydrogen-bond donors (Lipinski definition) is 0. The number of hydrogen-bond acceptors (Lipinski definition) is 1. The molecule has 0 atom stereocenters. The summed E-state index contributed by atoms with van der Waals surface area (Å²) in [5.41, 5.74) is 5.99. The van der Waals surface area contributed by atoms with E-state index in [4.69, 9.17) is 0 Å². The van der Waals surface area contributed by atoms with Crippen LogP contribution >= 0.6 is 0 Å². The van der Waals surface area contributed by atoms with Crippen molar-refractivity contribution in [2.45, 2.75) is 13.8 Å². The Bertz CT molecular complexity index is 663. The largest absolute Gasteiger partial charge is 0.233 e. The van der Waals surface area contributed by atoms with Gasteiger partial charge in [0.15, 0.2) is 0 Å². The summed E-state index contributed by atoms with van der Waals surface area (Å²) in [4.78, 5) is 0. The first kappa shape index (κ1) is 10.1. The third kappa shape index (κ3) is 1.62. The Labute approximate surface area is 101 Å². The number of pyridine rings is 1. The van der Waals surface area contributed by atoms with Crippen LogP contribution in [0.15, 0.2) is 48.7 Å². The van der Waals surface area contributed by atoms with Crippen LogP contribution in [-0.2, 0) is 0 Å². The highest BCUT2D eigenvalue weighted by Gasteiger charge is 2.05. The molecule has 0 bridgehead atoms. The van der Waals surface area contributed by atoms with Gasteiger partial charge in [-0.15, -0.1) is 0 Å². The summed E-state index contributed by atoms with van der Waals surface area (Å²) < 4.78 is 2.00. The predicted octanol–water partition coefficient (Wildman–Crippen LogP) is 3.62. The number of aryl methyl sites for hydroxylation is 2. The minimum atomic E-state index is 1.13. The third-order valence-corrected chi connectivity index (χ3v) is 3.08. The van der Waals surface area contributed by atoms with Crippen molar-refractivity contribution in [1.29, 1.82) is 0 Å². The van der Waals surface area contributed by atoms with E-state index in [-0.39, 0.29) is 0 Å². The van der Waals surface area contributed by atoms with Crippen molar-refractivity contribution in [3.8, 4) is 11.3 Å². The minimum Gasteiger partial charge on any atom is -0.233 e. The SMILES string of the molecule is Cc1ccc(-c2cccc3c(C)cnn23)cc1. The fourth-order valence-electron chi connectivity index (χ4n) is 2.08. The van der Waals surface area contributed by atoms with E-state index >= 15 is 0 Å². The lowest BCUT2D eigenvalue weighted by Crippen LogP contribution is -1.93. The molecule has 0 saturated heterocycles. The maximum atomic E-state index is 4.43. The average molecular weight is 222 g/mol. The normalized spacial score (nSPS) is 10.9. The Kier molecular flexibility index (Phi) is 2.22. The molecule has 0 unspecified atom stereocenters. The number of rotatable bonds is 1. The summed E-state index contributed by atoms with van der Waals surface area (Å²) in [6.45, 7) is 4.18. The first-order valence-corrected chi connectivity index (χ1v) is 5.76. The summed E-state index contributed by atoms with van der Waals surface area (Å²) in [5, 5.41) is 4.43. The fraction of sp³-hybridized carbons (Fsp3) is 0.133. The molecule has 0 aliphatic heterocycles. The first-order valence-electron chi connectivity index (χ1n) is 5.76. The van der Waals surface area contributed by atoms with Crippen LogP contribution in [0.2, 0.25) is 0 Å². The Hall–Kier alpha value is -2.09. The molecule has 0 spiro atoms. The van der Waals surface area contributed by atoms with Crippen molar-refractivity contribution < 1.29 is 0 Å². The van der Waals surface area contributed by atoms with Gasteiger partial charge in [-0.2, -0.15) is 5.10 Å². The van der Waals surface area contributed by atoms with Gasteiger partial charge in [0.1, 0.15) is 0 Å². The van der Waals surface area contributed by atoms with Crippen LogP contribution in [-0.4, -0.2) is 9.61 Å². The maximum Gasteiger partial charge on any atom is 0.0725 e. The summed E-state index contributed by atoms with van der Waals surface area (Å²) >= 11 is 0. The van der Waals surface area contributed by atoms with E-state index in [0.717, 1.165) is 5.69 Å². The van der Waals surface area contributed by atoms with Crippen LogP contribution < -0.4 is 0 Å². The predicted molar refractivity (Wildman–Crippen MR) is 70.1 cm³/mol. The van der Waals surface area contributed by atoms with Gasteiger partial charge in [-0.05, 0) is 31.5 Å². The second-order valence-electron chi connectivity index (χ2n) is 4.40. The number of benzene rings is 1. The fourth-order valence-corrected chi connectivity index (χ4v) is 2.08. The van der Waals surface area contributed by atoms with Gasteiger partial charge in [-0.25, -0.2) is 4.52 Å². The van der Waals surface area contributed by atoms with Crippen molar-refractivity contribution in [2.75, 3.05) is 0 Å². The molecule has 0 aliphatic carbocycles. The molecule has 0 radical (unpaired) electrons. The Morgan fingerprint density at radius 2 is 1.71 bits per heavy atom. The second-order valence-corrected chi connectivity index (χ2v) is 4.40. The van der Waals surface area contributed by atoms with Gasteiger partial charge in [0, 0.05) is 5.56 Å². The molecule has 3 aromatic rings. The number of fused-ring (bicyclic) bond motifs is 1. The van der Waals surface area contributed by atoms with Gasteiger partial charge >= 0.3 is 0 Å². The van der Waals surface area contributed by atoms with Gasteiger partial charge in [-0.1, -0.05) is 35.9 Å². The quantitative estimate of drug-likeness (QED) is 0.614. The van der Waals surface area contributed by atoms with E-state index < -0.39 is 0 Å². The first-order chi connectivity index (χ1) is 8.25. The molecule has 2 heteroatoms. The van der Waals surface area contributed by atoms with E-state index in [2.05, 4.69) is 61.4 Å². The molecule has 1 aromatic carbocycles. The maximum absolute atomic E-state index is 4.43. The second kappa shape index (κ2) is 3.74. The molecule has 17 heavy (non-hydrogen) atoms. The molecule has 0 amide bonds. The van der Waals surface area contributed by atoms with Crippen molar-refractivity contribution in [3.63, 3.8) is 0 Å². The summed E-state index contributed by atoms with van der Waals surface area (Å²) in [7, 11) is 0. The topological polar surface area (TPSA) is 17.3 Å². The van der Waals surface area contributed by atoms with Crippen molar-refractivity contribution in [2.24, 2.45) is 0 Å². The summed E-state index contributed by atoms with van der Waals surface area (Å²) in [6, 6.07) is 14.8. The molecular formula is C15H14N2. The standard InChI is InChI=1S/C15H14N2/c1-11-6-8-13(9-7-11)15-5-3-4-14-12(2)10-16-17(14)15/h3-10H,1-2H3. The Morgan fingerprint density at radius 1 is 0.941 bits per heavy atom. The van der Waals surface area contributed by atoms with Gasteiger partial charge in [0.25, 0.3) is 0 Å². The smallest absolute Gasteiger partial charge is 0.0725 e. The molecule has 2 aromatic heterocycles. The summed E-state index contributed by atoms with van der Waals surface area (Å²) in [6.07, 6.45) is 1.91. The number of nitrogens with zero attached hydrogens (tertiary/aromatic N) is 2. The van der Waals surface area contributed by atoms with E-state index in [9.17, 15) is 0 Å². The zero-order valence-electron chi connectivity index (χ0n) is 10.0. The van der Waals surface area contributed by atoms with E-state index in [1.807, 2.05) is 10.7 Å². The van der Waals surface area contributed by atoms with Crippen molar-refractivity contribution >= 4 is 5.52 Å². The van der Waals surface area contributed by atoms with Crippen LogP contribution in [0.3, 0.4) is 0 Å². The minimum absolute atomic E-state index is 1.13. The zero-order chi connectivity index (χ0) is 11.8. The monoisotopic (exact) mass is 222 g/mol. The molecule has 3 rings (SSSR count). The lowest BCUT2D eigenvalue weighted by molar-refractivity contribution is 0.969. The zero-order valence-corrected chi connectivity index (χ0v) is 10.0. The van der Waals surface area contributed by atoms with Gasteiger partial charge < -0.3 is 0 Å². The lowest BCUT2D eigenvalue weighted by Gasteiger charge is -2.05. The van der Waals surface area contributed by atoms with Crippen LogP contribution in [0.4, 0.5) is 0 Å². The lowest BCUT2D eigenvalue weighted by atomic mass is 10.1. The molecule has 0 N–H and O–H groups in total. The molecule has 2 heterocycles. The van der Waals surface area contributed by atoms with Crippen molar-refractivity contribution in [1.82, 2.24) is 9.61 Å². The van der Waals surface area contributed by atoms with Crippen LogP contribution in [0, 0.1) is 13.8 Å². The van der Waals surface area contributed by atoms with Crippen LogP contribution in [0.5, 0.6) is 0 Å². The van der Waals surface area contributed by atoms with E-state index in [0.29, 0.717) is 0 Å². The molecule has 0 saturated carbocycles. The molecule has 84 valence electrons. The molecular weight excluding hydrogens is 208 g/mol. The Balaban J connectivity index is 2.26. The third-order valence-electron chi connectivity index (χ3n) is 3.08.